The van der Waals surface area contributed by atoms with Crippen LogP contribution >= 0.6 is 39.1 Å². The third-order valence-electron chi connectivity index (χ3n) is 5.59. The number of ether oxygens (including phenoxy) is 1. The molecule has 2 aromatic rings. The van der Waals surface area contributed by atoms with Crippen LogP contribution in [-0.2, 0) is 11.2 Å². The van der Waals surface area contributed by atoms with Crippen molar-refractivity contribution >= 4 is 56.4 Å². The van der Waals surface area contributed by atoms with Crippen molar-refractivity contribution in [1.29, 1.82) is 0 Å². The van der Waals surface area contributed by atoms with Crippen LogP contribution in [0.4, 0.5) is 5.69 Å². The van der Waals surface area contributed by atoms with Crippen molar-refractivity contribution in [2.75, 3.05) is 26.3 Å². The molecule has 1 fully saturated rings. The summed E-state index contributed by atoms with van der Waals surface area (Å²) >= 11 is 16.8. The number of aliphatic imine (C=N–C) groups is 1. The molecule has 1 amide bonds. The average Bonchev–Trinajstić information content (AvgIpc) is 3.01. The molecule has 0 bridgehead atoms. The fourth-order valence-corrected chi connectivity index (χ4v) is 5.07. The summed E-state index contributed by atoms with van der Waals surface area (Å²) in [6, 6.07) is 7.65. The summed E-state index contributed by atoms with van der Waals surface area (Å²) in [5, 5.41) is 0.968. The maximum Gasteiger partial charge on any atom is 0.255 e. The highest BCUT2D eigenvalue weighted by Gasteiger charge is 2.28. The molecule has 4 nitrogen and oxygen atoms in total. The highest BCUT2D eigenvalue weighted by molar-refractivity contribution is 9.10. The van der Waals surface area contributed by atoms with E-state index in [4.69, 9.17) is 32.9 Å². The van der Waals surface area contributed by atoms with E-state index in [-0.39, 0.29) is 11.8 Å². The number of carbonyl (C=O) groups is 1. The van der Waals surface area contributed by atoms with Gasteiger partial charge in [0.25, 0.3) is 5.91 Å². The van der Waals surface area contributed by atoms with Gasteiger partial charge < -0.3 is 9.64 Å². The number of morpholine rings is 1. The molecule has 2 aliphatic heterocycles. The van der Waals surface area contributed by atoms with Crippen LogP contribution < -0.4 is 0 Å². The zero-order chi connectivity index (χ0) is 20.7. The van der Waals surface area contributed by atoms with Crippen molar-refractivity contribution in [3.05, 3.63) is 61.0 Å². The molecule has 1 unspecified atom stereocenters. The molecule has 0 aliphatic carbocycles. The minimum Gasteiger partial charge on any atom is -0.378 e. The van der Waals surface area contributed by atoms with Gasteiger partial charge in [0.2, 0.25) is 0 Å². The second kappa shape index (κ2) is 8.38. The third-order valence-corrected chi connectivity index (χ3v) is 6.83. The lowest BCUT2D eigenvalue weighted by atomic mass is 9.92. The van der Waals surface area contributed by atoms with Gasteiger partial charge in [-0.05, 0) is 47.9 Å². The molecule has 1 atom stereocenters. The van der Waals surface area contributed by atoms with Crippen LogP contribution in [0.5, 0.6) is 0 Å². The number of halogens is 3. The molecule has 0 saturated carbocycles. The number of hydrogen-bond donors (Lipinski definition) is 0. The van der Waals surface area contributed by atoms with Gasteiger partial charge in [-0.3, -0.25) is 9.79 Å². The standard InChI is InChI=1S/C22H21BrCl2N2O2/c1-12-9-14(23)10-16-13(2)19(26-21(12)16)11-17-18(24)4-3-15(20(17)25)22(28)27-5-7-29-8-6-27/h3-4,9-10,13H,5-8,11H2,1-2H3. The second-order valence-electron chi connectivity index (χ2n) is 7.45. The summed E-state index contributed by atoms with van der Waals surface area (Å²) in [5.74, 6) is 0.0765. The minimum absolute atomic E-state index is 0.0827. The topological polar surface area (TPSA) is 41.9 Å². The Labute approximate surface area is 189 Å². The number of rotatable bonds is 3. The van der Waals surface area contributed by atoms with Crippen molar-refractivity contribution < 1.29 is 9.53 Å². The van der Waals surface area contributed by atoms with Gasteiger partial charge in [0, 0.05) is 40.6 Å². The second-order valence-corrected chi connectivity index (χ2v) is 9.16. The van der Waals surface area contributed by atoms with E-state index in [2.05, 4.69) is 41.9 Å². The number of carbonyl (C=O) groups excluding carboxylic acids is 1. The molecular formula is C22H21BrCl2N2O2. The molecular weight excluding hydrogens is 475 g/mol. The van der Waals surface area contributed by atoms with Crippen LogP contribution in [-0.4, -0.2) is 42.8 Å². The Hall–Kier alpha value is -1.40. The monoisotopic (exact) mass is 494 g/mol. The lowest BCUT2D eigenvalue weighted by Gasteiger charge is -2.27. The maximum atomic E-state index is 13.0. The molecule has 7 heteroatoms. The van der Waals surface area contributed by atoms with Gasteiger partial charge in [-0.2, -0.15) is 0 Å². The van der Waals surface area contributed by atoms with E-state index in [9.17, 15) is 4.79 Å². The van der Waals surface area contributed by atoms with E-state index in [1.54, 1.807) is 17.0 Å². The van der Waals surface area contributed by atoms with Gasteiger partial charge in [0.15, 0.2) is 0 Å². The van der Waals surface area contributed by atoms with E-state index < -0.39 is 0 Å². The van der Waals surface area contributed by atoms with Crippen molar-refractivity contribution in [1.82, 2.24) is 4.90 Å². The summed E-state index contributed by atoms with van der Waals surface area (Å²) < 4.78 is 6.39. The normalized spacial score (nSPS) is 18.6. The smallest absolute Gasteiger partial charge is 0.255 e. The van der Waals surface area contributed by atoms with Crippen molar-refractivity contribution in [3.8, 4) is 0 Å². The van der Waals surface area contributed by atoms with Gasteiger partial charge in [-0.1, -0.05) is 46.1 Å². The van der Waals surface area contributed by atoms with Crippen LogP contribution in [0.25, 0.3) is 0 Å². The summed E-state index contributed by atoms with van der Waals surface area (Å²) in [7, 11) is 0. The molecule has 29 heavy (non-hydrogen) atoms. The van der Waals surface area contributed by atoms with Gasteiger partial charge in [0.1, 0.15) is 0 Å². The number of nitrogens with zero attached hydrogens (tertiary/aromatic N) is 2. The first-order chi connectivity index (χ1) is 13.9. The SMILES string of the molecule is Cc1cc(Br)cc2c1N=C(Cc1c(Cl)ccc(C(=O)N3CCOCC3)c1Cl)C2C. The zero-order valence-electron chi connectivity index (χ0n) is 16.3. The minimum atomic E-state index is -0.0827. The van der Waals surface area contributed by atoms with Crippen LogP contribution in [0, 0.1) is 6.92 Å². The first-order valence-corrected chi connectivity index (χ1v) is 11.1. The highest BCUT2D eigenvalue weighted by atomic mass is 79.9. The summed E-state index contributed by atoms with van der Waals surface area (Å²) in [6.45, 7) is 6.43. The van der Waals surface area contributed by atoms with Crippen LogP contribution in [0.1, 0.15) is 39.9 Å². The number of amides is 1. The van der Waals surface area contributed by atoms with Gasteiger partial charge in [0.05, 0.1) is 29.5 Å². The Morgan fingerprint density at radius 2 is 2.00 bits per heavy atom. The first kappa shape index (κ1) is 20.9. The lowest BCUT2D eigenvalue weighted by molar-refractivity contribution is 0.0303. The fraction of sp³-hybridized carbons (Fsp3) is 0.364. The molecule has 2 aromatic carbocycles. The van der Waals surface area contributed by atoms with Crippen molar-refractivity contribution in [3.63, 3.8) is 0 Å². The largest absolute Gasteiger partial charge is 0.378 e. The van der Waals surface area contributed by atoms with E-state index in [0.29, 0.717) is 48.3 Å². The van der Waals surface area contributed by atoms with Crippen LogP contribution in [0.3, 0.4) is 0 Å². The first-order valence-electron chi connectivity index (χ1n) is 9.58. The Morgan fingerprint density at radius 3 is 2.72 bits per heavy atom. The van der Waals surface area contributed by atoms with Crippen LogP contribution in [0.2, 0.25) is 10.0 Å². The van der Waals surface area contributed by atoms with E-state index in [0.717, 1.165) is 27.0 Å². The molecule has 4 rings (SSSR count). The third kappa shape index (κ3) is 3.98. The summed E-state index contributed by atoms with van der Waals surface area (Å²) in [5.41, 5.74) is 5.58. The van der Waals surface area contributed by atoms with Gasteiger partial charge in [-0.25, -0.2) is 0 Å². The molecule has 152 valence electrons. The Bertz CT molecular complexity index is 1020. The molecule has 0 spiro atoms. The fourth-order valence-electron chi connectivity index (χ4n) is 3.90. The van der Waals surface area contributed by atoms with E-state index in [1.807, 2.05) is 0 Å². The van der Waals surface area contributed by atoms with E-state index in [1.165, 1.54) is 5.56 Å². The van der Waals surface area contributed by atoms with Crippen LogP contribution in [0.15, 0.2) is 33.7 Å². The Kier molecular flexibility index (Phi) is 6.03. The van der Waals surface area contributed by atoms with Gasteiger partial charge >= 0.3 is 0 Å². The molecule has 1 saturated heterocycles. The lowest BCUT2D eigenvalue weighted by Crippen LogP contribution is -2.40. The molecule has 0 N–H and O–H groups in total. The summed E-state index contributed by atoms with van der Waals surface area (Å²) in [6.07, 6.45) is 0.509. The maximum absolute atomic E-state index is 13.0. The summed E-state index contributed by atoms with van der Waals surface area (Å²) in [4.78, 5) is 19.6. The molecule has 2 heterocycles. The number of hydrogen-bond acceptors (Lipinski definition) is 3. The highest BCUT2D eigenvalue weighted by Crippen LogP contribution is 2.41. The van der Waals surface area contributed by atoms with Crippen molar-refractivity contribution in [2.24, 2.45) is 4.99 Å². The predicted octanol–water partition coefficient (Wildman–Crippen LogP) is 5.97. The molecule has 2 aliphatic rings. The predicted molar refractivity (Wildman–Crippen MR) is 121 cm³/mol. The molecule has 0 aromatic heterocycles. The molecule has 0 radical (unpaired) electrons. The van der Waals surface area contributed by atoms with E-state index >= 15 is 0 Å². The number of aryl methyl sites for hydroxylation is 1. The number of benzene rings is 2. The Morgan fingerprint density at radius 1 is 1.28 bits per heavy atom. The Balaban J connectivity index is 1.65. The number of fused-ring (bicyclic) bond motifs is 1. The average molecular weight is 496 g/mol. The van der Waals surface area contributed by atoms with Gasteiger partial charge in [-0.15, -0.1) is 0 Å². The quantitative estimate of drug-likeness (QED) is 0.526. The zero-order valence-corrected chi connectivity index (χ0v) is 19.4. The van der Waals surface area contributed by atoms with Crippen molar-refractivity contribution in [2.45, 2.75) is 26.2 Å².